The number of nitrogens with one attached hydrogen (secondary N) is 2. The number of fused-ring (bicyclic) bond motifs is 2. The third-order valence-electron chi connectivity index (χ3n) is 10.2. The van der Waals surface area contributed by atoms with Gasteiger partial charge in [-0.2, -0.15) is 0 Å². The summed E-state index contributed by atoms with van der Waals surface area (Å²) in [4.78, 5) is 67.1. The molecule has 292 valence electrons. The van der Waals surface area contributed by atoms with E-state index in [1.165, 1.54) is 17.1 Å². The molecule has 2 N–H and O–H groups in total. The number of aromatic nitrogens is 4. The van der Waals surface area contributed by atoms with Crippen LogP contribution in [-0.2, 0) is 19.6 Å². The molecule has 8 rings (SSSR count). The van der Waals surface area contributed by atoms with Gasteiger partial charge >= 0.3 is 0 Å². The van der Waals surface area contributed by atoms with Crippen molar-refractivity contribution < 1.29 is 36.4 Å². The molecule has 0 saturated carbocycles. The molecule has 2 aliphatic rings. The van der Waals surface area contributed by atoms with Crippen LogP contribution in [0.5, 0.6) is 0 Å². The second-order valence-corrected chi connectivity index (χ2v) is 15.8. The van der Waals surface area contributed by atoms with E-state index in [4.69, 9.17) is 4.98 Å². The van der Waals surface area contributed by atoms with Crippen molar-refractivity contribution in [2.45, 2.75) is 32.2 Å². The summed E-state index contributed by atoms with van der Waals surface area (Å²) in [6.07, 6.45) is 6.33. The Morgan fingerprint density at radius 2 is 1.71 bits per heavy atom. The van der Waals surface area contributed by atoms with E-state index in [2.05, 4.69) is 20.0 Å². The number of hydrogen-bond donors (Lipinski definition) is 2. The molecule has 3 aromatic carbocycles. The van der Waals surface area contributed by atoms with Crippen molar-refractivity contribution in [2.75, 3.05) is 22.4 Å². The van der Waals surface area contributed by atoms with Gasteiger partial charge in [0.25, 0.3) is 11.8 Å². The van der Waals surface area contributed by atoms with Gasteiger partial charge in [0.1, 0.15) is 29.7 Å². The van der Waals surface area contributed by atoms with Crippen LogP contribution in [-0.4, -0.2) is 82.6 Å². The normalized spacial score (nSPS) is 15.4. The number of sulfonamides is 1. The molecule has 1 fully saturated rings. The maximum Gasteiger partial charge on any atom is 0.262 e. The lowest BCUT2D eigenvalue weighted by Crippen LogP contribution is -2.54. The van der Waals surface area contributed by atoms with Gasteiger partial charge < -0.3 is 9.47 Å². The van der Waals surface area contributed by atoms with Gasteiger partial charge in [-0.15, -0.1) is 0 Å². The van der Waals surface area contributed by atoms with Gasteiger partial charge in [0, 0.05) is 54.4 Å². The van der Waals surface area contributed by atoms with Crippen molar-refractivity contribution in [3.05, 3.63) is 114 Å². The maximum absolute atomic E-state index is 16.1. The van der Waals surface area contributed by atoms with Crippen LogP contribution in [0.2, 0.25) is 0 Å². The Kier molecular flexibility index (Phi) is 9.80. The van der Waals surface area contributed by atoms with Crippen molar-refractivity contribution in [1.29, 1.82) is 0 Å². The fraction of sp³-hybridized carbons (Fsp3) is 0.175. The summed E-state index contributed by atoms with van der Waals surface area (Å²) in [5, 5.41) is 2.21. The van der Waals surface area contributed by atoms with Crippen LogP contribution >= 0.6 is 0 Å². The summed E-state index contributed by atoms with van der Waals surface area (Å²) < 4.78 is 60.1. The number of pyridine rings is 1. The fourth-order valence-electron chi connectivity index (χ4n) is 7.36. The highest BCUT2D eigenvalue weighted by molar-refractivity contribution is 7.92. The number of halogens is 2. The lowest BCUT2D eigenvalue weighted by Gasteiger charge is -2.27. The topological polar surface area (TPSA) is 177 Å². The third kappa shape index (κ3) is 6.84. The minimum atomic E-state index is -3.88. The first-order valence-electron chi connectivity index (χ1n) is 18.3. The van der Waals surface area contributed by atoms with E-state index in [1.807, 2.05) is 29.2 Å². The monoisotopic (exact) mass is 802 g/mol. The molecule has 18 heteroatoms. The molecule has 58 heavy (non-hydrogen) atoms. The molecule has 6 aromatic rings. The number of benzene rings is 3. The Labute approximate surface area is 331 Å². The van der Waals surface area contributed by atoms with Gasteiger partial charge in [0.05, 0.1) is 28.0 Å². The second kappa shape index (κ2) is 14.9. The quantitative estimate of drug-likeness (QED) is 0.146. The zero-order chi connectivity index (χ0) is 40.9. The Morgan fingerprint density at radius 1 is 0.948 bits per heavy atom. The van der Waals surface area contributed by atoms with E-state index in [0.717, 1.165) is 28.2 Å². The Hall–Kier alpha value is -6.82. The molecule has 3 aromatic heterocycles. The van der Waals surface area contributed by atoms with Crippen molar-refractivity contribution in [2.24, 2.45) is 0 Å². The Morgan fingerprint density at radius 3 is 2.43 bits per heavy atom. The number of amides is 4. The molecule has 14 nitrogen and oxygen atoms in total. The highest BCUT2D eigenvalue weighted by atomic mass is 32.2. The summed E-state index contributed by atoms with van der Waals surface area (Å²) >= 11 is 0. The molecular formula is C40H33BF2N8O6S. The number of imide groups is 2. The summed E-state index contributed by atoms with van der Waals surface area (Å²) in [5.74, 6) is -4.05. The number of piperidine rings is 1. The first-order chi connectivity index (χ1) is 27.8. The maximum atomic E-state index is 16.1. The average molecular weight is 803 g/mol. The molecule has 1 unspecified atom stereocenters. The van der Waals surface area contributed by atoms with Crippen molar-refractivity contribution in [3.8, 4) is 16.8 Å². The van der Waals surface area contributed by atoms with E-state index in [0.29, 0.717) is 47.1 Å². The molecule has 5 heterocycles. The highest BCUT2D eigenvalue weighted by Gasteiger charge is 2.45. The van der Waals surface area contributed by atoms with Gasteiger partial charge in [-0.25, -0.2) is 32.2 Å². The van der Waals surface area contributed by atoms with Crippen LogP contribution in [0.1, 0.15) is 46.9 Å². The predicted octanol–water partition coefficient (Wildman–Crippen LogP) is 3.47. The van der Waals surface area contributed by atoms with Crippen molar-refractivity contribution >= 4 is 80.1 Å². The van der Waals surface area contributed by atoms with Gasteiger partial charge in [0.15, 0.2) is 13.1 Å². The van der Waals surface area contributed by atoms with Gasteiger partial charge in [0.2, 0.25) is 21.8 Å². The minimum Gasteiger partial charge on any atom is -0.329 e. The largest absolute Gasteiger partial charge is 0.329 e. The van der Waals surface area contributed by atoms with Crippen LogP contribution < -0.4 is 25.9 Å². The zero-order valence-corrected chi connectivity index (χ0v) is 31.9. The van der Waals surface area contributed by atoms with E-state index >= 15 is 8.78 Å². The zero-order valence-electron chi connectivity index (χ0n) is 31.1. The minimum absolute atomic E-state index is 0.0260. The lowest BCUT2D eigenvalue weighted by molar-refractivity contribution is -0.136. The van der Waals surface area contributed by atoms with Gasteiger partial charge in [-0.05, 0) is 55.3 Å². The van der Waals surface area contributed by atoms with Crippen LogP contribution in [0.15, 0.2) is 91.6 Å². The van der Waals surface area contributed by atoms with Gasteiger partial charge in [-0.3, -0.25) is 34.1 Å². The van der Waals surface area contributed by atoms with E-state index in [-0.39, 0.29) is 29.7 Å². The number of carbonyl (C=O) groups is 4. The Bertz CT molecular complexity index is 2790. The number of hydrogen-bond acceptors (Lipinski definition) is 10. The molecule has 0 spiro atoms. The molecule has 1 atom stereocenters. The molecule has 1 saturated heterocycles. The standard InChI is InChI=1S/C40H33BF2N8O6S/c1-3-17-58(56,57)48-29-12-11-28(42)37(35(29)43)50-20-26(22-18-44-21-45-19-22)36-30(50)13-15-32(46-36)49(2)24-9-7-23(8-10-24)41-27-6-4-5-25-34(27)40(55)51(39(25)54)31-14-16-33(52)47-38(31)53/h4-13,15,18-21,31,41,48H,3,14,16-17H2,1-2H3,(H,47,52,53). The summed E-state index contributed by atoms with van der Waals surface area (Å²) in [5.41, 5.74) is 3.41. The summed E-state index contributed by atoms with van der Waals surface area (Å²) in [6, 6.07) is 16.8. The first kappa shape index (κ1) is 38.1. The van der Waals surface area contributed by atoms with E-state index in [1.54, 1.807) is 56.7 Å². The van der Waals surface area contributed by atoms with E-state index in [9.17, 15) is 27.6 Å². The Balaban J connectivity index is 1.09. The van der Waals surface area contributed by atoms with Crippen LogP contribution in [0.3, 0.4) is 0 Å². The highest BCUT2D eigenvalue weighted by Crippen LogP contribution is 2.36. The molecule has 0 aliphatic carbocycles. The molecule has 0 radical (unpaired) electrons. The second-order valence-electron chi connectivity index (χ2n) is 13.9. The van der Waals surface area contributed by atoms with Crippen LogP contribution in [0, 0.1) is 11.6 Å². The summed E-state index contributed by atoms with van der Waals surface area (Å²) in [6.45, 7) is 1.67. The average Bonchev–Trinajstić information content (AvgIpc) is 3.70. The smallest absolute Gasteiger partial charge is 0.262 e. The van der Waals surface area contributed by atoms with Crippen LogP contribution in [0.4, 0.5) is 26.0 Å². The fourth-order valence-corrected chi connectivity index (χ4v) is 8.50. The third-order valence-corrected chi connectivity index (χ3v) is 11.6. The number of rotatable bonds is 11. The SMILES string of the molecule is CCCS(=O)(=O)Nc1ccc(F)c(-n2cc(-c3cncnc3)c3nc(N(C)c4ccc(Bc5cccc6c5C(=O)N(C5CCC(=O)NC5=O)C6=O)cc4)ccc32)c1F. The summed E-state index contributed by atoms with van der Waals surface area (Å²) in [7, 11) is -1.77. The van der Waals surface area contributed by atoms with Gasteiger partial charge in [-0.1, -0.05) is 42.1 Å². The molecule has 4 amide bonds. The van der Waals surface area contributed by atoms with Crippen molar-refractivity contribution in [3.63, 3.8) is 0 Å². The number of anilines is 3. The van der Waals surface area contributed by atoms with Crippen molar-refractivity contribution in [1.82, 2.24) is 29.7 Å². The predicted molar refractivity (Wildman–Crippen MR) is 214 cm³/mol. The number of carbonyl (C=O) groups excluding carboxylic acids is 4. The molecule has 2 aliphatic heterocycles. The van der Waals surface area contributed by atoms with Crippen LogP contribution in [0.25, 0.3) is 27.8 Å². The lowest BCUT2D eigenvalue weighted by atomic mass is 9.62. The molecule has 0 bridgehead atoms. The molecular weight excluding hydrogens is 769 g/mol. The first-order valence-corrected chi connectivity index (χ1v) is 19.9. The number of nitrogens with zero attached hydrogens (tertiary/aromatic N) is 6. The van der Waals surface area contributed by atoms with E-state index < -0.39 is 62.7 Å².